The SMILES string of the molecule is Cc1cccc(C)c1-c1cccc2c1-c1cccc3c1[C@@H](C2)N(C)CC3. The summed E-state index contributed by atoms with van der Waals surface area (Å²) >= 11 is 0. The molecule has 0 amide bonds. The van der Waals surface area contributed by atoms with E-state index in [4.69, 9.17) is 0 Å². The van der Waals surface area contributed by atoms with Crippen molar-refractivity contribution in [1.82, 2.24) is 4.90 Å². The van der Waals surface area contributed by atoms with Crippen molar-refractivity contribution in [2.24, 2.45) is 0 Å². The van der Waals surface area contributed by atoms with E-state index in [2.05, 4.69) is 80.4 Å². The highest BCUT2D eigenvalue weighted by molar-refractivity contribution is 5.91. The van der Waals surface area contributed by atoms with Crippen molar-refractivity contribution >= 4 is 0 Å². The van der Waals surface area contributed by atoms with Crippen molar-refractivity contribution in [3.8, 4) is 22.3 Å². The number of benzene rings is 3. The molecule has 3 aromatic rings. The standard InChI is InChI=1S/C25H25N/c1-16-7-4-8-17(2)23(16)20-11-6-10-19-15-22-25-18(13-14-26(22)3)9-5-12-21(25)24(19)20/h4-12,22H,13-15H2,1-3H3/t22-/m1/s1. The minimum Gasteiger partial charge on any atom is -0.299 e. The van der Waals surface area contributed by atoms with Gasteiger partial charge in [0.25, 0.3) is 0 Å². The Morgan fingerprint density at radius 2 is 1.42 bits per heavy atom. The van der Waals surface area contributed by atoms with Crippen molar-refractivity contribution in [1.29, 1.82) is 0 Å². The summed E-state index contributed by atoms with van der Waals surface area (Å²) in [6.45, 7) is 5.64. The third-order valence-corrected chi connectivity index (χ3v) is 6.38. The van der Waals surface area contributed by atoms with Gasteiger partial charge < -0.3 is 0 Å². The Balaban J connectivity index is 1.83. The normalized spacial score (nSPS) is 18.3. The number of fused-ring (bicyclic) bond motifs is 2. The van der Waals surface area contributed by atoms with Gasteiger partial charge in [0.2, 0.25) is 0 Å². The van der Waals surface area contributed by atoms with Gasteiger partial charge in [-0.1, -0.05) is 54.6 Å². The number of rotatable bonds is 1. The van der Waals surface area contributed by atoms with Crippen LogP contribution in [-0.2, 0) is 12.8 Å². The second kappa shape index (κ2) is 5.82. The quantitative estimate of drug-likeness (QED) is 0.548. The van der Waals surface area contributed by atoms with Gasteiger partial charge in [-0.05, 0) is 83.8 Å². The Morgan fingerprint density at radius 3 is 2.19 bits per heavy atom. The van der Waals surface area contributed by atoms with E-state index in [1.54, 1.807) is 11.1 Å². The number of nitrogens with zero attached hydrogens (tertiary/aromatic N) is 1. The molecule has 1 aliphatic carbocycles. The molecule has 2 aliphatic rings. The lowest BCUT2D eigenvalue weighted by Gasteiger charge is -2.40. The van der Waals surface area contributed by atoms with Crippen LogP contribution in [0.25, 0.3) is 22.3 Å². The Labute approximate surface area is 156 Å². The molecule has 5 rings (SSSR count). The Kier molecular flexibility index (Phi) is 3.55. The van der Waals surface area contributed by atoms with Crippen LogP contribution in [0.15, 0.2) is 54.6 Å². The minimum atomic E-state index is 0.524. The molecule has 0 saturated carbocycles. The number of likely N-dealkylation sites (N-methyl/N-ethyl adjacent to an activating group) is 1. The molecule has 1 heterocycles. The van der Waals surface area contributed by atoms with Crippen LogP contribution in [0.3, 0.4) is 0 Å². The summed E-state index contributed by atoms with van der Waals surface area (Å²) in [5.41, 5.74) is 13.1. The van der Waals surface area contributed by atoms with Crippen molar-refractivity contribution in [2.75, 3.05) is 13.6 Å². The minimum absolute atomic E-state index is 0.524. The molecule has 0 spiro atoms. The van der Waals surface area contributed by atoms with Gasteiger partial charge in [-0.3, -0.25) is 4.90 Å². The first-order valence-electron chi connectivity index (χ1n) is 9.66. The van der Waals surface area contributed by atoms with Gasteiger partial charge in [0.1, 0.15) is 0 Å². The molecule has 0 saturated heterocycles. The maximum absolute atomic E-state index is 2.54. The highest BCUT2D eigenvalue weighted by Crippen LogP contribution is 2.48. The van der Waals surface area contributed by atoms with Crippen LogP contribution in [0.5, 0.6) is 0 Å². The lowest BCUT2D eigenvalue weighted by Crippen LogP contribution is -2.35. The van der Waals surface area contributed by atoms with Crippen LogP contribution in [0.1, 0.15) is 33.9 Å². The molecule has 1 heteroatoms. The van der Waals surface area contributed by atoms with E-state index in [1.807, 2.05) is 0 Å². The van der Waals surface area contributed by atoms with E-state index in [9.17, 15) is 0 Å². The van der Waals surface area contributed by atoms with E-state index < -0.39 is 0 Å². The molecule has 26 heavy (non-hydrogen) atoms. The fraction of sp³-hybridized carbons (Fsp3) is 0.280. The van der Waals surface area contributed by atoms with Crippen LogP contribution in [0, 0.1) is 13.8 Å². The molecule has 0 N–H and O–H groups in total. The van der Waals surface area contributed by atoms with Gasteiger partial charge in [-0.25, -0.2) is 0 Å². The van der Waals surface area contributed by atoms with Crippen LogP contribution >= 0.6 is 0 Å². The summed E-state index contributed by atoms with van der Waals surface area (Å²) in [7, 11) is 2.28. The molecule has 1 aliphatic heterocycles. The Morgan fingerprint density at radius 1 is 0.769 bits per heavy atom. The second-order valence-corrected chi connectivity index (χ2v) is 7.94. The third kappa shape index (κ3) is 2.20. The van der Waals surface area contributed by atoms with Crippen LogP contribution in [0.2, 0.25) is 0 Å². The largest absolute Gasteiger partial charge is 0.299 e. The fourth-order valence-corrected chi connectivity index (χ4v) is 5.12. The van der Waals surface area contributed by atoms with Gasteiger partial charge in [-0.15, -0.1) is 0 Å². The van der Waals surface area contributed by atoms with Crippen LogP contribution in [0.4, 0.5) is 0 Å². The summed E-state index contributed by atoms with van der Waals surface area (Å²) in [4.78, 5) is 2.54. The van der Waals surface area contributed by atoms with Gasteiger partial charge >= 0.3 is 0 Å². The molecule has 0 aromatic heterocycles. The molecule has 130 valence electrons. The van der Waals surface area contributed by atoms with E-state index >= 15 is 0 Å². The van der Waals surface area contributed by atoms with Crippen molar-refractivity contribution < 1.29 is 0 Å². The fourth-order valence-electron chi connectivity index (χ4n) is 5.12. The average Bonchev–Trinajstić information content (AvgIpc) is 2.64. The lowest BCUT2D eigenvalue weighted by molar-refractivity contribution is 0.228. The molecule has 1 nitrogen and oxygen atoms in total. The highest BCUT2D eigenvalue weighted by atomic mass is 15.1. The molecule has 3 aromatic carbocycles. The number of hydrogen-bond donors (Lipinski definition) is 0. The number of hydrogen-bond acceptors (Lipinski definition) is 1. The average molecular weight is 339 g/mol. The maximum atomic E-state index is 2.54. The lowest BCUT2D eigenvalue weighted by atomic mass is 9.74. The van der Waals surface area contributed by atoms with Crippen molar-refractivity contribution in [3.05, 3.63) is 82.4 Å². The van der Waals surface area contributed by atoms with Crippen molar-refractivity contribution in [2.45, 2.75) is 32.7 Å². The summed E-state index contributed by atoms with van der Waals surface area (Å²) in [5.74, 6) is 0. The molecule has 0 unspecified atom stereocenters. The topological polar surface area (TPSA) is 3.24 Å². The predicted molar refractivity (Wildman–Crippen MR) is 110 cm³/mol. The molecule has 1 atom stereocenters. The smallest absolute Gasteiger partial charge is 0.0394 e. The van der Waals surface area contributed by atoms with Gasteiger partial charge in [0, 0.05) is 12.6 Å². The van der Waals surface area contributed by atoms with E-state index in [-0.39, 0.29) is 0 Å². The van der Waals surface area contributed by atoms with E-state index in [0.717, 1.165) is 19.4 Å². The Hall–Kier alpha value is -2.38. The maximum Gasteiger partial charge on any atom is 0.0394 e. The first-order valence-corrected chi connectivity index (χ1v) is 9.66. The summed E-state index contributed by atoms with van der Waals surface area (Å²) in [6.07, 6.45) is 2.28. The molecular weight excluding hydrogens is 314 g/mol. The zero-order valence-corrected chi connectivity index (χ0v) is 15.8. The first kappa shape index (κ1) is 15.8. The van der Waals surface area contributed by atoms with Crippen LogP contribution < -0.4 is 0 Å². The zero-order chi connectivity index (χ0) is 17.8. The first-order chi connectivity index (χ1) is 12.6. The monoisotopic (exact) mass is 339 g/mol. The molecule has 0 radical (unpaired) electrons. The van der Waals surface area contributed by atoms with E-state index in [1.165, 1.54) is 38.9 Å². The molecule has 0 fully saturated rings. The van der Waals surface area contributed by atoms with Gasteiger partial charge in [0.05, 0.1) is 0 Å². The molecular formula is C25H25N. The Bertz CT molecular complexity index is 994. The summed E-state index contributed by atoms with van der Waals surface area (Å²) in [6, 6.07) is 21.0. The highest BCUT2D eigenvalue weighted by Gasteiger charge is 2.33. The van der Waals surface area contributed by atoms with Gasteiger partial charge in [-0.2, -0.15) is 0 Å². The summed E-state index contributed by atoms with van der Waals surface area (Å²) < 4.78 is 0. The van der Waals surface area contributed by atoms with Crippen LogP contribution in [-0.4, -0.2) is 18.5 Å². The predicted octanol–water partition coefficient (Wildman–Crippen LogP) is 5.72. The van der Waals surface area contributed by atoms with Gasteiger partial charge in [0.15, 0.2) is 0 Å². The zero-order valence-electron chi connectivity index (χ0n) is 15.8. The second-order valence-electron chi connectivity index (χ2n) is 7.94. The van der Waals surface area contributed by atoms with Crippen molar-refractivity contribution in [3.63, 3.8) is 0 Å². The number of aryl methyl sites for hydroxylation is 2. The third-order valence-electron chi connectivity index (χ3n) is 6.38. The molecule has 0 bridgehead atoms. The van der Waals surface area contributed by atoms with E-state index in [0.29, 0.717) is 6.04 Å². The summed E-state index contributed by atoms with van der Waals surface area (Å²) in [5, 5.41) is 0.